The molecular formula is C24H26N2O5S. The zero-order valence-corrected chi connectivity index (χ0v) is 19.2. The predicted octanol–water partition coefficient (Wildman–Crippen LogP) is 4.60. The van der Waals surface area contributed by atoms with Crippen LogP contribution in [0.4, 0.5) is 0 Å². The van der Waals surface area contributed by atoms with Crippen LogP contribution in [0.5, 0.6) is 11.5 Å². The van der Waals surface area contributed by atoms with E-state index in [1.165, 1.54) is 11.3 Å². The van der Waals surface area contributed by atoms with Crippen LogP contribution in [0.25, 0.3) is 10.2 Å². The molecule has 0 aliphatic heterocycles. The maximum Gasteiger partial charge on any atom is 0.338 e. The highest BCUT2D eigenvalue weighted by molar-refractivity contribution is 7.16. The monoisotopic (exact) mass is 454 g/mol. The van der Waals surface area contributed by atoms with Gasteiger partial charge in [0.15, 0.2) is 16.3 Å². The number of hydrogen-bond donors (Lipinski definition) is 0. The molecule has 3 aromatic rings. The molecule has 32 heavy (non-hydrogen) atoms. The van der Waals surface area contributed by atoms with E-state index in [0.29, 0.717) is 53.8 Å². The third-order valence-corrected chi connectivity index (χ3v) is 5.53. The van der Waals surface area contributed by atoms with Crippen molar-refractivity contribution < 1.29 is 23.8 Å². The van der Waals surface area contributed by atoms with E-state index in [1.54, 1.807) is 43.3 Å². The molecule has 0 N–H and O–H groups in total. The summed E-state index contributed by atoms with van der Waals surface area (Å²) in [5.41, 5.74) is 1.71. The first-order valence-corrected chi connectivity index (χ1v) is 11.2. The van der Waals surface area contributed by atoms with Crippen molar-refractivity contribution in [2.45, 2.75) is 27.3 Å². The normalized spacial score (nSPS) is 11.4. The number of thiazole rings is 1. The minimum atomic E-state index is -0.399. The van der Waals surface area contributed by atoms with E-state index in [-0.39, 0.29) is 5.97 Å². The van der Waals surface area contributed by atoms with Crippen LogP contribution in [0.3, 0.4) is 0 Å². The van der Waals surface area contributed by atoms with Crippen molar-refractivity contribution in [3.05, 3.63) is 65.0 Å². The fourth-order valence-corrected chi connectivity index (χ4v) is 4.22. The van der Waals surface area contributed by atoms with Crippen LogP contribution in [0, 0.1) is 0 Å². The zero-order valence-electron chi connectivity index (χ0n) is 18.4. The Balaban J connectivity index is 2.05. The van der Waals surface area contributed by atoms with Crippen LogP contribution in [-0.4, -0.2) is 36.3 Å². The molecule has 2 aromatic carbocycles. The van der Waals surface area contributed by atoms with Crippen molar-refractivity contribution in [1.29, 1.82) is 0 Å². The standard InChI is InChI=1S/C24H26N2O5S/c1-5-13-26-18-11-9-17(23(28)31-8-4)15-21(18)32-24(26)25-22(27)16-10-12-19(29-6-2)20(14-16)30-7-3/h5,9-12,14-15H,1,6-8,13H2,2-4H3. The van der Waals surface area contributed by atoms with Gasteiger partial charge in [-0.15, -0.1) is 6.58 Å². The van der Waals surface area contributed by atoms with Crippen LogP contribution < -0.4 is 14.3 Å². The van der Waals surface area contributed by atoms with Crippen LogP contribution in [0.2, 0.25) is 0 Å². The number of amides is 1. The Morgan fingerprint density at radius 3 is 2.41 bits per heavy atom. The van der Waals surface area contributed by atoms with Crippen molar-refractivity contribution in [1.82, 2.24) is 4.57 Å². The van der Waals surface area contributed by atoms with E-state index < -0.39 is 5.91 Å². The molecule has 3 rings (SSSR count). The number of rotatable bonds is 9. The summed E-state index contributed by atoms with van der Waals surface area (Å²) in [6.07, 6.45) is 1.74. The number of carbonyl (C=O) groups is 2. The highest BCUT2D eigenvalue weighted by atomic mass is 32.1. The van der Waals surface area contributed by atoms with Crippen molar-refractivity contribution in [3.63, 3.8) is 0 Å². The smallest absolute Gasteiger partial charge is 0.338 e. The van der Waals surface area contributed by atoms with Gasteiger partial charge in [-0.3, -0.25) is 4.79 Å². The van der Waals surface area contributed by atoms with E-state index >= 15 is 0 Å². The van der Waals surface area contributed by atoms with E-state index in [4.69, 9.17) is 14.2 Å². The summed E-state index contributed by atoms with van der Waals surface area (Å²) in [4.78, 5) is 29.9. The molecule has 7 nitrogen and oxygen atoms in total. The Bertz CT molecular complexity index is 1210. The molecule has 0 radical (unpaired) electrons. The Hall–Kier alpha value is -3.39. The minimum Gasteiger partial charge on any atom is -0.490 e. The van der Waals surface area contributed by atoms with Crippen molar-refractivity contribution >= 4 is 33.4 Å². The Kier molecular flexibility index (Phi) is 7.83. The maximum absolute atomic E-state index is 13.0. The van der Waals surface area contributed by atoms with E-state index in [1.807, 2.05) is 24.5 Å². The molecule has 168 valence electrons. The molecule has 0 saturated heterocycles. The third-order valence-electron chi connectivity index (χ3n) is 4.49. The number of ether oxygens (including phenoxy) is 3. The third kappa shape index (κ3) is 5.08. The van der Waals surface area contributed by atoms with Gasteiger partial charge in [-0.05, 0) is 57.2 Å². The minimum absolute atomic E-state index is 0.304. The molecule has 0 aliphatic rings. The lowest BCUT2D eigenvalue weighted by atomic mass is 10.2. The van der Waals surface area contributed by atoms with Gasteiger partial charge in [0.05, 0.1) is 35.6 Å². The molecule has 0 spiro atoms. The first kappa shape index (κ1) is 23.3. The number of hydrogen-bond acceptors (Lipinski definition) is 6. The van der Waals surface area contributed by atoms with Crippen molar-refractivity contribution in [3.8, 4) is 11.5 Å². The second-order valence-electron chi connectivity index (χ2n) is 6.63. The lowest BCUT2D eigenvalue weighted by Crippen LogP contribution is -2.16. The van der Waals surface area contributed by atoms with Gasteiger partial charge in [0.2, 0.25) is 0 Å². The summed E-state index contributed by atoms with van der Waals surface area (Å²) < 4.78 is 19.0. The lowest BCUT2D eigenvalue weighted by Gasteiger charge is -2.11. The molecule has 0 bridgehead atoms. The maximum atomic E-state index is 13.0. The summed E-state index contributed by atoms with van der Waals surface area (Å²) in [6, 6.07) is 10.3. The molecular weight excluding hydrogens is 428 g/mol. The molecule has 0 saturated carbocycles. The summed E-state index contributed by atoms with van der Waals surface area (Å²) >= 11 is 1.33. The molecule has 0 fully saturated rings. The highest BCUT2D eigenvalue weighted by Crippen LogP contribution is 2.29. The Labute approximate surface area is 190 Å². The number of fused-ring (bicyclic) bond motifs is 1. The first-order valence-electron chi connectivity index (χ1n) is 10.4. The number of esters is 1. The van der Waals surface area contributed by atoms with Crippen LogP contribution in [0.15, 0.2) is 54.0 Å². The van der Waals surface area contributed by atoms with Gasteiger partial charge in [-0.2, -0.15) is 4.99 Å². The van der Waals surface area contributed by atoms with Gasteiger partial charge in [0.1, 0.15) is 0 Å². The first-order chi connectivity index (χ1) is 15.5. The quantitative estimate of drug-likeness (QED) is 0.349. The molecule has 8 heteroatoms. The van der Waals surface area contributed by atoms with Gasteiger partial charge in [0, 0.05) is 12.1 Å². The molecule has 0 atom stereocenters. The second-order valence-corrected chi connectivity index (χ2v) is 7.64. The number of benzene rings is 2. The zero-order chi connectivity index (χ0) is 23.1. The average Bonchev–Trinajstić information content (AvgIpc) is 3.12. The van der Waals surface area contributed by atoms with Crippen LogP contribution in [-0.2, 0) is 11.3 Å². The van der Waals surface area contributed by atoms with Gasteiger partial charge in [-0.1, -0.05) is 17.4 Å². The van der Waals surface area contributed by atoms with Crippen molar-refractivity contribution in [2.24, 2.45) is 4.99 Å². The van der Waals surface area contributed by atoms with Crippen molar-refractivity contribution in [2.75, 3.05) is 19.8 Å². The molecule has 0 aliphatic carbocycles. The van der Waals surface area contributed by atoms with Gasteiger partial charge in [-0.25, -0.2) is 4.79 Å². The topological polar surface area (TPSA) is 79.1 Å². The molecule has 1 aromatic heterocycles. The Morgan fingerprint density at radius 1 is 1.00 bits per heavy atom. The number of carbonyl (C=O) groups excluding carboxylic acids is 2. The van der Waals surface area contributed by atoms with E-state index in [2.05, 4.69) is 11.6 Å². The number of nitrogens with zero attached hydrogens (tertiary/aromatic N) is 2. The predicted molar refractivity (Wildman–Crippen MR) is 125 cm³/mol. The largest absolute Gasteiger partial charge is 0.490 e. The second kappa shape index (κ2) is 10.8. The van der Waals surface area contributed by atoms with Gasteiger partial charge < -0.3 is 18.8 Å². The summed E-state index contributed by atoms with van der Waals surface area (Å²) in [7, 11) is 0. The van der Waals surface area contributed by atoms with E-state index in [9.17, 15) is 9.59 Å². The van der Waals surface area contributed by atoms with Crippen LogP contribution >= 0.6 is 11.3 Å². The number of allylic oxidation sites excluding steroid dienone is 1. The van der Waals surface area contributed by atoms with Crippen LogP contribution in [0.1, 0.15) is 41.5 Å². The Morgan fingerprint density at radius 2 is 1.72 bits per heavy atom. The molecule has 0 unspecified atom stereocenters. The van der Waals surface area contributed by atoms with E-state index in [0.717, 1.165) is 10.2 Å². The SMILES string of the molecule is C=CCn1c(=NC(=O)c2ccc(OCC)c(OCC)c2)sc2cc(C(=O)OCC)ccc21. The summed E-state index contributed by atoms with van der Waals surface area (Å²) in [6.45, 7) is 11.0. The lowest BCUT2D eigenvalue weighted by molar-refractivity contribution is 0.0526. The number of aromatic nitrogens is 1. The fourth-order valence-electron chi connectivity index (χ4n) is 3.14. The fraction of sp³-hybridized carbons (Fsp3) is 0.292. The van der Waals surface area contributed by atoms with Gasteiger partial charge in [0.25, 0.3) is 5.91 Å². The average molecular weight is 455 g/mol. The molecule has 1 amide bonds. The molecule has 1 heterocycles. The summed E-state index contributed by atoms with van der Waals surface area (Å²) in [5.74, 6) is 0.306. The van der Waals surface area contributed by atoms with Gasteiger partial charge >= 0.3 is 5.97 Å². The summed E-state index contributed by atoms with van der Waals surface area (Å²) in [5, 5.41) is 0. The highest BCUT2D eigenvalue weighted by Gasteiger charge is 2.14.